The summed E-state index contributed by atoms with van der Waals surface area (Å²) in [7, 11) is 0. The van der Waals surface area contributed by atoms with Gasteiger partial charge >= 0.3 is 0 Å². The summed E-state index contributed by atoms with van der Waals surface area (Å²) in [5.74, 6) is 0. The van der Waals surface area contributed by atoms with E-state index in [0.29, 0.717) is 6.42 Å². The molecule has 0 saturated heterocycles. The molecule has 0 aliphatic heterocycles. The summed E-state index contributed by atoms with van der Waals surface area (Å²) in [6.45, 7) is 8.24. The maximum atomic E-state index is 9.38. The van der Waals surface area contributed by atoms with Crippen molar-refractivity contribution < 1.29 is 10.2 Å². The van der Waals surface area contributed by atoms with Gasteiger partial charge in [-0.25, -0.2) is 0 Å². The molecule has 0 spiro atoms. The number of aliphatic hydroxyl groups is 2. The maximum absolute atomic E-state index is 9.38. The summed E-state index contributed by atoms with van der Waals surface area (Å²) in [6.07, 6.45) is 0.691. The van der Waals surface area contributed by atoms with Crippen LogP contribution in [0.25, 0.3) is 0 Å². The Bertz CT molecular complexity index is 127. The Hall–Kier alpha value is -0.120. The number of hydrogen-bond donors (Lipinski definition) is 3. The first kappa shape index (κ1) is 11.9. The molecule has 0 heterocycles. The molecule has 0 aromatic rings. The minimum atomic E-state index is -0.626. The van der Waals surface area contributed by atoms with Gasteiger partial charge in [0, 0.05) is 5.54 Å². The third-order valence-electron chi connectivity index (χ3n) is 1.74. The molecule has 12 heavy (non-hydrogen) atoms. The van der Waals surface area contributed by atoms with Crippen molar-refractivity contribution in [2.24, 2.45) is 0 Å². The van der Waals surface area contributed by atoms with Gasteiger partial charge in [-0.3, -0.25) is 0 Å². The largest absolute Gasteiger partial charge is 0.394 e. The van der Waals surface area contributed by atoms with Crippen molar-refractivity contribution in [1.82, 2.24) is 5.32 Å². The van der Waals surface area contributed by atoms with Crippen LogP contribution in [0.15, 0.2) is 0 Å². The van der Waals surface area contributed by atoms with Crippen LogP contribution in [0.2, 0.25) is 0 Å². The summed E-state index contributed by atoms with van der Waals surface area (Å²) in [5, 5.41) is 21.4. The molecule has 0 unspecified atom stereocenters. The number of nitrogens with one attached hydrogen (secondary N) is 1. The molecule has 0 bridgehead atoms. The Morgan fingerprint density at radius 1 is 1.17 bits per heavy atom. The molecule has 3 heteroatoms. The first-order chi connectivity index (χ1) is 5.27. The number of rotatable bonds is 5. The summed E-state index contributed by atoms with van der Waals surface area (Å²) in [4.78, 5) is 0. The highest BCUT2D eigenvalue weighted by atomic mass is 16.3. The van der Waals surface area contributed by atoms with Crippen LogP contribution in [0.1, 0.15) is 34.1 Å². The molecule has 0 aliphatic carbocycles. The van der Waals surface area contributed by atoms with Crippen molar-refractivity contribution >= 4 is 0 Å². The highest BCUT2D eigenvalue weighted by Crippen LogP contribution is 2.07. The fraction of sp³-hybridized carbons (Fsp3) is 1.00. The van der Waals surface area contributed by atoms with Gasteiger partial charge in [-0.2, -0.15) is 0 Å². The van der Waals surface area contributed by atoms with Gasteiger partial charge in [0.1, 0.15) is 0 Å². The second-order valence-electron chi connectivity index (χ2n) is 4.53. The molecule has 0 rings (SSSR count). The molecule has 0 radical (unpaired) electrons. The van der Waals surface area contributed by atoms with E-state index in [-0.39, 0.29) is 12.1 Å². The van der Waals surface area contributed by atoms with Gasteiger partial charge in [0.15, 0.2) is 0 Å². The standard InChI is InChI=1S/C9H21NO2/c1-8(2,7-11)10-6-5-9(3,4)12/h10-12H,5-7H2,1-4H3. The van der Waals surface area contributed by atoms with Gasteiger partial charge in [0.2, 0.25) is 0 Å². The summed E-state index contributed by atoms with van der Waals surface area (Å²) >= 11 is 0. The molecule has 0 atom stereocenters. The minimum Gasteiger partial charge on any atom is -0.394 e. The van der Waals surface area contributed by atoms with Gasteiger partial charge in [-0.05, 0) is 40.7 Å². The first-order valence-electron chi connectivity index (χ1n) is 4.35. The molecular formula is C9H21NO2. The van der Waals surface area contributed by atoms with Crippen molar-refractivity contribution in [3.05, 3.63) is 0 Å². The zero-order valence-corrected chi connectivity index (χ0v) is 8.52. The molecule has 3 nitrogen and oxygen atoms in total. The van der Waals surface area contributed by atoms with E-state index in [0.717, 1.165) is 6.54 Å². The van der Waals surface area contributed by atoms with Crippen molar-refractivity contribution in [2.45, 2.75) is 45.3 Å². The summed E-state index contributed by atoms with van der Waals surface area (Å²) in [5.41, 5.74) is -0.871. The van der Waals surface area contributed by atoms with Gasteiger partial charge in [-0.1, -0.05) is 0 Å². The molecule has 3 N–H and O–H groups in total. The second kappa shape index (κ2) is 4.21. The predicted octanol–water partition coefficient (Wildman–Crippen LogP) is 0.508. The lowest BCUT2D eigenvalue weighted by Gasteiger charge is -2.26. The smallest absolute Gasteiger partial charge is 0.0607 e. The molecule has 0 fully saturated rings. The normalized spacial score (nSPS) is 13.5. The molecule has 0 aliphatic rings. The monoisotopic (exact) mass is 175 g/mol. The Labute approximate surface area is 74.8 Å². The fourth-order valence-corrected chi connectivity index (χ4v) is 0.763. The van der Waals surface area contributed by atoms with E-state index in [2.05, 4.69) is 5.32 Å². The highest BCUT2D eigenvalue weighted by molar-refractivity contribution is 4.77. The van der Waals surface area contributed by atoms with Crippen LogP contribution in [-0.2, 0) is 0 Å². The van der Waals surface area contributed by atoms with Crippen molar-refractivity contribution in [3.8, 4) is 0 Å². The summed E-state index contributed by atoms with van der Waals surface area (Å²) < 4.78 is 0. The zero-order chi connectivity index (χ0) is 9.83. The molecule has 0 aromatic carbocycles. The van der Waals surface area contributed by atoms with Crippen LogP contribution >= 0.6 is 0 Å². The Balaban J connectivity index is 3.57. The van der Waals surface area contributed by atoms with Gasteiger partial charge in [-0.15, -0.1) is 0 Å². The van der Waals surface area contributed by atoms with Crippen LogP contribution in [0.3, 0.4) is 0 Å². The van der Waals surface area contributed by atoms with Crippen LogP contribution in [0.4, 0.5) is 0 Å². The Kier molecular flexibility index (Phi) is 4.17. The fourth-order valence-electron chi connectivity index (χ4n) is 0.763. The van der Waals surface area contributed by atoms with E-state index >= 15 is 0 Å². The lowest BCUT2D eigenvalue weighted by Crippen LogP contribution is -2.44. The van der Waals surface area contributed by atoms with Crippen LogP contribution in [0.5, 0.6) is 0 Å². The zero-order valence-electron chi connectivity index (χ0n) is 8.52. The average molecular weight is 175 g/mol. The lowest BCUT2D eigenvalue weighted by atomic mass is 10.0. The third-order valence-corrected chi connectivity index (χ3v) is 1.74. The minimum absolute atomic E-state index is 0.110. The van der Waals surface area contributed by atoms with E-state index in [1.807, 2.05) is 13.8 Å². The molecule has 74 valence electrons. The van der Waals surface area contributed by atoms with Crippen molar-refractivity contribution in [2.75, 3.05) is 13.2 Å². The highest BCUT2D eigenvalue weighted by Gasteiger charge is 2.17. The van der Waals surface area contributed by atoms with Crippen molar-refractivity contribution in [1.29, 1.82) is 0 Å². The third kappa shape index (κ3) is 6.58. The van der Waals surface area contributed by atoms with Crippen LogP contribution in [0, 0.1) is 0 Å². The quantitative estimate of drug-likeness (QED) is 0.570. The van der Waals surface area contributed by atoms with Crippen LogP contribution < -0.4 is 5.32 Å². The lowest BCUT2D eigenvalue weighted by molar-refractivity contribution is 0.0668. The van der Waals surface area contributed by atoms with Crippen molar-refractivity contribution in [3.63, 3.8) is 0 Å². The second-order valence-corrected chi connectivity index (χ2v) is 4.53. The topological polar surface area (TPSA) is 52.5 Å². The maximum Gasteiger partial charge on any atom is 0.0607 e. The Morgan fingerprint density at radius 3 is 2.00 bits per heavy atom. The predicted molar refractivity (Wildman–Crippen MR) is 50.1 cm³/mol. The molecule has 0 amide bonds. The molecular weight excluding hydrogens is 154 g/mol. The first-order valence-corrected chi connectivity index (χ1v) is 4.35. The van der Waals surface area contributed by atoms with E-state index in [9.17, 15) is 5.11 Å². The molecule has 0 saturated carbocycles. The summed E-state index contributed by atoms with van der Waals surface area (Å²) in [6, 6.07) is 0. The van der Waals surface area contributed by atoms with E-state index in [1.54, 1.807) is 13.8 Å². The SMILES string of the molecule is CC(C)(O)CCNC(C)(C)CO. The van der Waals surface area contributed by atoms with E-state index in [4.69, 9.17) is 5.11 Å². The average Bonchev–Trinajstić information content (AvgIpc) is 1.84. The van der Waals surface area contributed by atoms with Crippen LogP contribution in [-0.4, -0.2) is 34.5 Å². The number of aliphatic hydroxyl groups excluding tert-OH is 1. The Morgan fingerprint density at radius 2 is 1.67 bits per heavy atom. The van der Waals surface area contributed by atoms with Gasteiger partial charge in [0.05, 0.1) is 12.2 Å². The van der Waals surface area contributed by atoms with Gasteiger partial charge in [0.25, 0.3) is 0 Å². The molecule has 0 aromatic heterocycles. The van der Waals surface area contributed by atoms with E-state index in [1.165, 1.54) is 0 Å². The van der Waals surface area contributed by atoms with Gasteiger partial charge < -0.3 is 15.5 Å². The number of hydrogen-bond acceptors (Lipinski definition) is 3. The van der Waals surface area contributed by atoms with E-state index < -0.39 is 5.60 Å².